The second kappa shape index (κ2) is 7.19. The summed E-state index contributed by atoms with van der Waals surface area (Å²) in [6.07, 6.45) is 4.02. The zero-order valence-corrected chi connectivity index (χ0v) is 13.0. The molecule has 1 saturated heterocycles. The summed E-state index contributed by atoms with van der Waals surface area (Å²) in [5, 5.41) is 3.53. The van der Waals surface area contributed by atoms with Gasteiger partial charge in [-0.05, 0) is 63.9 Å². The summed E-state index contributed by atoms with van der Waals surface area (Å²) in [7, 11) is 0. The monoisotopic (exact) mass is 278 g/mol. The van der Waals surface area contributed by atoms with Gasteiger partial charge in [-0.15, -0.1) is 0 Å². The van der Waals surface area contributed by atoms with Crippen LogP contribution in [0.5, 0.6) is 0 Å². The molecule has 1 heterocycles. The molecule has 0 radical (unpaired) electrons. The highest BCUT2D eigenvalue weighted by atomic mass is 19.1. The van der Waals surface area contributed by atoms with Gasteiger partial charge in [-0.3, -0.25) is 4.90 Å². The summed E-state index contributed by atoms with van der Waals surface area (Å²) in [6.45, 7) is 9.58. The molecular weight excluding hydrogens is 251 g/mol. The molecule has 2 unspecified atom stereocenters. The Balaban J connectivity index is 1.84. The minimum absolute atomic E-state index is 0.111. The van der Waals surface area contributed by atoms with Crippen molar-refractivity contribution in [2.75, 3.05) is 19.6 Å². The van der Waals surface area contributed by atoms with Crippen molar-refractivity contribution < 1.29 is 4.39 Å². The number of piperidine rings is 1. The summed E-state index contributed by atoms with van der Waals surface area (Å²) in [4.78, 5) is 2.55. The third-order valence-electron chi connectivity index (χ3n) is 4.43. The summed E-state index contributed by atoms with van der Waals surface area (Å²) in [5.41, 5.74) is 1.74. The summed E-state index contributed by atoms with van der Waals surface area (Å²) < 4.78 is 13.6. The molecule has 0 amide bonds. The number of hydrogen-bond donors (Lipinski definition) is 1. The lowest BCUT2D eigenvalue weighted by Crippen LogP contribution is -2.43. The van der Waals surface area contributed by atoms with Crippen LogP contribution >= 0.6 is 0 Å². The van der Waals surface area contributed by atoms with Gasteiger partial charge in [0.15, 0.2) is 0 Å². The second-order valence-electron chi connectivity index (χ2n) is 6.08. The Hall–Kier alpha value is -0.930. The van der Waals surface area contributed by atoms with Crippen molar-refractivity contribution in [2.45, 2.75) is 52.1 Å². The Kier molecular flexibility index (Phi) is 5.55. The van der Waals surface area contributed by atoms with E-state index >= 15 is 0 Å². The van der Waals surface area contributed by atoms with E-state index in [1.165, 1.54) is 32.4 Å². The lowest BCUT2D eigenvalue weighted by Gasteiger charge is -2.33. The number of nitrogens with one attached hydrogen (secondary N) is 1. The fourth-order valence-corrected chi connectivity index (χ4v) is 2.83. The van der Waals surface area contributed by atoms with Crippen LogP contribution in [0.3, 0.4) is 0 Å². The highest BCUT2D eigenvalue weighted by molar-refractivity contribution is 5.25. The van der Waals surface area contributed by atoms with Crippen LogP contribution in [-0.2, 0) is 0 Å². The molecule has 112 valence electrons. The molecule has 0 aromatic heterocycles. The van der Waals surface area contributed by atoms with Gasteiger partial charge in [-0.1, -0.05) is 18.6 Å². The molecule has 3 heteroatoms. The van der Waals surface area contributed by atoms with Gasteiger partial charge < -0.3 is 5.32 Å². The van der Waals surface area contributed by atoms with Crippen LogP contribution in [-0.4, -0.2) is 30.6 Å². The molecule has 1 aromatic carbocycles. The van der Waals surface area contributed by atoms with Gasteiger partial charge in [0, 0.05) is 18.6 Å². The number of hydrogen-bond acceptors (Lipinski definition) is 2. The number of benzene rings is 1. The van der Waals surface area contributed by atoms with Crippen LogP contribution in [0.4, 0.5) is 4.39 Å². The predicted octanol–water partition coefficient (Wildman–Crippen LogP) is 3.66. The average Bonchev–Trinajstić information content (AvgIpc) is 2.48. The van der Waals surface area contributed by atoms with Gasteiger partial charge in [-0.2, -0.15) is 0 Å². The maximum atomic E-state index is 13.6. The first-order valence-corrected chi connectivity index (χ1v) is 7.81. The van der Waals surface area contributed by atoms with E-state index in [4.69, 9.17) is 0 Å². The lowest BCUT2D eigenvalue weighted by atomic mass is 10.1. The fourth-order valence-electron chi connectivity index (χ4n) is 2.83. The number of rotatable bonds is 5. The summed E-state index contributed by atoms with van der Waals surface area (Å²) in [5.74, 6) is -0.111. The molecule has 20 heavy (non-hydrogen) atoms. The lowest BCUT2D eigenvalue weighted by molar-refractivity contribution is 0.168. The van der Waals surface area contributed by atoms with Crippen LogP contribution in [0, 0.1) is 12.7 Å². The van der Waals surface area contributed by atoms with Crippen molar-refractivity contribution in [3.63, 3.8) is 0 Å². The van der Waals surface area contributed by atoms with Crippen molar-refractivity contribution in [1.82, 2.24) is 10.2 Å². The predicted molar refractivity (Wildman–Crippen MR) is 82.4 cm³/mol. The molecule has 1 aliphatic rings. The topological polar surface area (TPSA) is 15.3 Å². The highest BCUT2D eigenvalue weighted by Crippen LogP contribution is 2.17. The molecule has 1 N–H and O–H groups in total. The number of nitrogens with zero attached hydrogens (tertiary/aromatic N) is 1. The molecule has 0 aliphatic carbocycles. The van der Waals surface area contributed by atoms with Crippen molar-refractivity contribution in [1.29, 1.82) is 0 Å². The van der Waals surface area contributed by atoms with E-state index in [0.29, 0.717) is 11.6 Å². The first-order valence-electron chi connectivity index (χ1n) is 7.81. The Bertz CT molecular complexity index is 427. The molecule has 1 aliphatic heterocycles. The van der Waals surface area contributed by atoms with Crippen LogP contribution in [0.15, 0.2) is 18.2 Å². The van der Waals surface area contributed by atoms with E-state index in [2.05, 4.69) is 24.1 Å². The van der Waals surface area contributed by atoms with Crippen molar-refractivity contribution in [2.24, 2.45) is 0 Å². The standard InChI is InChI=1S/C17H27FN2/c1-13-7-8-16(11-17(13)18)15(3)19-12-14(2)20-9-5-4-6-10-20/h7-8,11,14-15,19H,4-6,9-10,12H2,1-3H3. The van der Waals surface area contributed by atoms with Gasteiger partial charge in [0.2, 0.25) is 0 Å². The third-order valence-corrected chi connectivity index (χ3v) is 4.43. The number of aryl methyl sites for hydroxylation is 1. The van der Waals surface area contributed by atoms with E-state index in [-0.39, 0.29) is 11.9 Å². The fraction of sp³-hybridized carbons (Fsp3) is 0.647. The van der Waals surface area contributed by atoms with E-state index in [0.717, 1.165) is 12.1 Å². The molecule has 1 fully saturated rings. The van der Waals surface area contributed by atoms with Gasteiger partial charge in [-0.25, -0.2) is 4.39 Å². The largest absolute Gasteiger partial charge is 0.309 e. The molecule has 2 nitrogen and oxygen atoms in total. The minimum atomic E-state index is -0.111. The quantitative estimate of drug-likeness (QED) is 0.884. The Morgan fingerprint density at radius 1 is 1.20 bits per heavy atom. The van der Waals surface area contributed by atoms with Crippen LogP contribution in [0.1, 0.15) is 50.3 Å². The van der Waals surface area contributed by atoms with Gasteiger partial charge in [0.25, 0.3) is 0 Å². The molecule has 0 bridgehead atoms. The first-order chi connectivity index (χ1) is 9.58. The van der Waals surface area contributed by atoms with Crippen LogP contribution < -0.4 is 5.32 Å². The van der Waals surface area contributed by atoms with E-state index in [9.17, 15) is 4.39 Å². The third kappa shape index (κ3) is 4.03. The van der Waals surface area contributed by atoms with Gasteiger partial charge >= 0.3 is 0 Å². The average molecular weight is 278 g/mol. The normalized spacial score (nSPS) is 19.8. The van der Waals surface area contributed by atoms with Gasteiger partial charge in [0.1, 0.15) is 5.82 Å². The van der Waals surface area contributed by atoms with E-state index < -0.39 is 0 Å². The minimum Gasteiger partial charge on any atom is -0.309 e. The second-order valence-corrected chi connectivity index (χ2v) is 6.08. The summed E-state index contributed by atoms with van der Waals surface area (Å²) >= 11 is 0. The first kappa shape index (κ1) is 15.5. The maximum absolute atomic E-state index is 13.6. The zero-order chi connectivity index (χ0) is 14.5. The molecule has 0 spiro atoms. The van der Waals surface area contributed by atoms with Crippen molar-refractivity contribution >= 4 is 0 Å². The van der Waals surface area contributed by atoms with Crippen molar-refractivity contribution in [3.8, 4) is 0 Å². The molecule has 0 saturated carbocycles. The van der Waals surface area contributed by atoms with Gasteiger partial charge in [0.05, 0.1) is 0 Å². The smallest absolute Gasteiger partial charge is 0.126 e. The molecule has 2 atom stereocenters. The maximum Gasteiger partial charge on any atom is 0.126 e. The van der Waals surface area contributed by atoms with Crippen LogP contribution in [0.25, 0.3) is 0 Å². The van der Waals surface area contributed by atoms with Crippen LogP contribution in [0.2, 0.25) is 0 Å². The molecular formula is C17H27FN2. The van der Waals surface area contributed by atoms with Crippen molar-refractivity contribution in [3.05, 3.63) is 35.1 Å². The Morgan fingerprint density at radius 3 is 2.55 bits per heavy atom. The summed E-state index contributed by atoms with van der Waals surface area (Å²) in [6, 6.07) is 6.27. The number of halogens is 1. The number of likely N-dealkylation sites (tertiary alicyclic amines) is 1. The Morgan fingerprint density at radius 2 is 1.90 bits per heavy atom. The molecule has 2 rings (SSSR count). The molecule has 1 aromatic rings. The van der Waals surface area contributed by atoms with E-state index in [1.807, 2.05) is 12.1 Å². The zero-order valence-electron chi connectivity index (χ0n) is 13.0. The highest BCUT2D eigenvalue weighted by Gasteiger charge is 2.17. The van der Waals surface area contributed by atoms with E-state index in [1.54, 1.807) is 13.0 Å². The Labute approximate surface area is 122 Å². The SMILES string of the molecule is Cc1ccc(C(C)NCC(C)N2CCCCC2)cc1F.